The average molecular weight is 149 g/mol. The van der Waals surface area contributed by atoms with E-state index in [1.807, 2.05) is 11.5 Å². The Hall–Kier alpha value is -1.60. The van der Waals surface area contributed by atoms with Gasteiger partial charge < -0.3 is 0 Å². The molecule has 0 aromatic carbocycles. The van der Waals surface area contributed by atoms with Crippen molar-refractivity contribution in [3.8, 4) is 6.07 Å². The smallest absolute Gasteiger partial charge is 0.142 e. The Labute approximate surface area is 64.1 Å². The molecule has 4 nitrogen and oxygen atoms in total. The molecule has 0 bridgehead atoms. The van der Waals surface area contributed by atoms with E-state index >= 15 is 0 Å². The van der Waals surface area contributed by atoms with Crippen LogP contribution in [0.1, 0.15) is 11.4 Å². The highest BCUT2D eigenvalue weighted by molar-refractivity contribution is 5.45. The number of nitriles is 1. The van der Waals surface area contributed by atoms with E-state index in [0.717, 1.165) is 0 Å². The van der Waals surface area contributed by atoms with Crippen LogP contribution in [-0.2, 0) is 0 Å². The SMILES string of the molecule is Cc1cc(NO)cc(C#N)n1. The zero-order chi connectivity index (χ0) is 8.27. The van der Waals surface area contributed by atoms with Crippen molar-refractivity contribution in [2.24, 2.45) is 0 Å². The minimum atomic E-state index is 0.293. The lowest BCUT2D eigenvalue weighted by molar-refractivity contribution is 0.388. The number of pyridine rings is 1. The Morgan fingerprint density at radius 3 is 2.91 bits per heavy atom. The molecule has 0 radical (unpaired) electrons. The van der Waals surface area contributed by atoms with Gasteiger partial charge in [0, 0.05) is 11.8 Å². The second kappa shape index (κ2) is 2.99. The third kappa shape index (κ3) is 1.66. The van der Waals surface area contributed by atoms with Crippen LogP contribution >= 0.6 is 0 Å². The average Bonchev–Trinajstić information content (AvgIpc) is 2.03. The summed E-state index contributed by atoms with van der Waals surface area (Å²) >= 11 is 0. The van der Waals surface area contributed by atoms with Crippen LogP contribution in [0.25, 0.3) is 0 Å². The fourth-order valence-electron chi connectivity index (χ4n) is 0.790. The molecule has 56 valence electrons. The molecule has 1 aromatic heterocycles. The van der Waals surface area contributed by atoms with Crippen molar-refractivity contribution in [1.82, 2.24) is 4.98 Å². The molecule has 0 saturated heterocycles. The maximum Gasteiger partial charge on any atom is 0.142 e. The number of hydrogen-bond donors (Lipinski definition) is 2. The zero-order valence-electron chi connectivity index (χ0n) is 6.00. The maximum absolute atomic E-state index is 8.49. The number of rotatable bonds is 1. The van der Waals surface area contributed by atoms with E-state index in [0.29, 0.717) is 17.1 Å². The molecule has 0 amide bonds. The summed E-state index contributed by atoms with van der Waals surface area (Å²) in [6, 6.07) is 4.99. The summed E-state index contributed by atoms with van der Waals surface area (Å²) in [5.41, 5.74) is 3.42. The van der Waals surface area contributed by atoms with Crippen LogP contribution in [0, 0.1) is 18.3 Å². The van der Waals surface area contributed by atoms with Crippen LogP contribution in [0.15, 0.2) is 12.1 Å². The third-order valence-corrected chi connectivity index (χ3v) is 1.20. The minimum absolute atomic E-state index is 0.293. The molecule has 0 spiro atoms. The fraction of sp³-hybridized carbons (Fsp3) is 0.143. The number of nitrogens with zero attached hydrogens (tertiary/aromatic N) is 2. The quantitative estimate of drug-likeness (QED) is 0.586. The molecule has 0 aliphatic rings. The van der Waals surface area contributed by atoms with Gasteiger partial charge in [-0.25, -0.2) is 4.98 Å². The third-order valence-electron chi connectivity index (χ3n) is 1.20. The summed E-state index contributed by atoms with van der Waals surface area (Å²) in [6.45, 7) is 1.75. The lowest BCUT2D eigenvalue weighted by atomic mass is 10.3. The number of aromatic nitrogens is 1. The summed E-state index contributed by atoms with van der Waals surface area (Å²) in [6.07, 6.45) is 0. The Morgan fingerprint density at radius 1 is 1.64 bits per heavy atom. The predicted molar refractivity (Wildman–Crippen MR) is 39.1 cm³/mol. The first-order chi connectivity index (χ1) is 5.26. The second-order valence-electron chi connectivity index (χ2n) is 2.11. The Bertz CT molecular complexity index is 303. The van der Waals surface area contributed by atoms with Gasteiger partial charge in [0.05, 0.1) is 5.69 Å². The van der Waals surface area contributed by atoms with Gasteiger partial charge in [-0.05, 0) is 13.0 Å². The van der Waals surface area contributed by atoms with Gasteiger partial charge in [0.2, 0.25) is 0 Å². The number of anilines is 1. The summed E-state index contributed by atoms with van der Waals surface area (Å²) in [5.74, 6) is 0. The topological polar surface area (TPSA) is 68.9 Å². The summed E-state index contributed by atoms with van der Waals surface area (Å²) < 4.78 is 0. The van der Waals surface area contributed by atoms with E-state index in [4.69, 9.17) is 10.5 Å². The Balaban J connectivity index is 3.15. The highest BCUT2D eigenvalue weighted by Gasteiger charge is 1.96. The van der Waals surface area contributed by atoms with Crippen LogP contribution in [0.2, 0.25) is 0 Å². The van der Waals surface area contributed by atoms with E-state index in [-0.39, 0.29) is 0 Å². The van der Waals surface area contributed by atoms with Crippen molar-refractivity contribution in [3.05, 3.63) is 23.5 Å². The summed E-state index contributed by atoms with van der Waals surface area (Å²) in [7, 11) is 0. The Morgan fingerprint density at radius 2 is 2.36 bits per heavy atom. The molecule has 0 saturated carbocycles. The summed E-state index contributed by atoms with van der Waals surface area (Å²) in [4.78, 5) is 3.89. The fourth-order valence-corrected chi connectivity index (χ4v) is 0.790. The van der Waals surface area contributed by atoms with Crippen molar-refractivity contribution >= 4 is 5.69 Å². The van der Waals surface area contributed by atoms with Gasteiger partial charge >= 0.3 is 0 Å². The normalized spacial score (nSPS) is 8.82. The number of hydrogen-bond acceptors (Lipinski definition) is 4. The molecule has 2 N–H and O–H groups in total. The van der Waals surface area contributed by atoms with Crippen molar-refractivity contribution in [1.29, 1.82) is 5.26 Å². The monoisotopic (exact) mass is 149 g/mol. The van der Waals surface area contributed by atoms with Gasteiger partial charge in [-0.2, -0.15) is 5.26 Å². The molecule has 0 atom stereocenters. The molecule has 4 heteroatoms. The summed E-state index contributed by atoms with van der Waals surface area (Å²) in [5, 5.41) is 17.0. The van der Waals surface area contributed by atoms with Crippen LogP contribution < -0.4 is 5.48 Å². The van der Waals surface area contributed by atoms with Crippen molar-refractivity contribution in [2.45, 2.75) is 6.92 Å². The molecule has 0 fully saturated rings. The second-order valence-corrected chi connectivity index (χ2v) is 2.11. The van der Waals surface area contributed by atoms with Crippen molar-refractivity contribution in [3.63, 3.8) is 0 Å². The molecule has 0 unspecified atom stereocenters. The molecule has 0 aliphatic carbocycles. The number of aryl methyl sites for hydroxylation is 1. The first kappa shape index (κ1) is 7.51. The van der Waals surface area contributed by atoms with Gasteiger partial charge in [0.15, 0.2) is 0 Å². The highest BCUT2D eigenvalue weighted by atomic mass is 16.5. The predicted octanol–water partition coefficient (Wildman–Crippen LogP) is 1.06. The highest BCUT2D eigenvalue weighted by Crippen LogP contribution is 2.08. The molecule has 1 rings (SSSR count). The Kier molecular flexibility index (Phi) is 2.04. The van der Waals surface area contributed by atoms with Gasteiger partial charge in [-0.3, -0.25) is 10.7 Å². The van der Waals surface area contributed by atoms with Gasteiger partial charge in [-0.1, -0.05) is 0 Å². The molecule has 1 heterocycles. The number of nitrogens with one attached hydrogen (secondary N) is 1. The zero-order valence-corrected chi connectivity index (χ0v) is 6.00. The van der Waals surface area contributed by atoms with Crippen LogP contribution in [0.5, 0.6) is 0 Å². The van der Waals surface area contributed by atoms with Crippen molar-refractivity contribution < 1.29 is 5.21 Å². The van der Waals surface area contributed by atoms with Crippen LogP contribution in [-0.4, -0.2) is 10.2 Å². The van der Waals surface area contributed by atoms with E-state index < -0.39 is 0 Å². The van der Waals surface area contributed by atoms with E-state index in [1.54, 1.807) is 13.0 Å². The van der Waals surface area contributed by atoms with E-state index in [2.05, 4.69) is 4.98 Å². The van der Waals surface area contributed by atoms with Gasteiger partial charge in [-0.15, -0.1) is 0 Å². The molecule has 1 aromatic rings. The first-order valence-electron chi connectivity index (χ1n) is 3.05. The van der Waals surface area contributed by atoms with Gasteiger partial charge in [0.1, 0.15) is 11.8 Å². The minimum Gasteiger partial charge on any atom is -0.291 e. The first-order valence-corrected chi connectivity index (χ1v) is 3.05. The van der Waals surface area contributed by atoms with Crippen LogP contribution in [0.4, 0.5) is 5.69 Å². The molecule has 11 heavy (non-hydrogen) atoms. The largest absolute Gasteiger partial charge is 0.291 e. The molecular weight excluding hydrogens is 142 g/mol. The molecule has 0 aliphatic heterocycles. The van der Waals surface area contributed by atoms with Crippen LogP contribution in [0.3, 0.4) is 0 Å². The van der Waals surface area contributed by atoms with Gasteiger partial charge in [0.25, 0.3) is 0 Å². The molecular formula is C7H7N3O. The standard InChI is InChI=1S/C7H7N3O/c1-5-2-6(10-11)3-7(4-8)9-5/h2-3,11H,1H3,(H,9,10). The lowest BCUT2D eigenvalue weighted by Gasteiger charge is -1.99. The van der Waals surface area contributed by atoms with E-state index in [9.17, 15) is 0 Å². The maximum atomic E-state index is 8.49. The lowest BCUT2D eigenvalue weighted by Crippen LogP contribution is -1.93. The van der Waals surface area contributed by atoms with E-state index in [1.165, 1.54) is 6.07 Å². The van der Waals surface area contributed by atoms with Crippen molar-refractivity contribution in [2.75, 3.05) is 5.48 Å².